The lowest BCUT2D eigenvalue weighted by molar-refractivity contribution is -0.147. The number of benzene rings is 1. The summed E-state index contributed by atoms with van der Waals surface area (Å²) in [5.74, 6) is -0.254. The molecule has 1 saturated heterocycles. The van der Waals surface area contributed by atoms with Crippen LogP contribution in [0.4, 0.5) is 0 Å². The molecule has 0 aromatic heterocycles. The zero-order valence-electron chi connectivity index (χ0n) is 10.7. The minimum atomic E-state index is -0.720. The lowest BCUT2D eigenvalue weighted by Crippen LogP contribution is -2.45. The molecule has 4 heteroatoms. The molecular formula is C14H19NO3. The fourth-order valence-electron chi connectivity index (χ4n) is 2.72. The van der Waals surface area contributed by atoms with Crippen LogP contribution in [-0.4, -0.2) is 30.3 Å². The van der Waals surface area contributed by atoms with Crippen LogP contribution in [-0.2, 0) is 9.53 Å². The number of rotatable bonds is 3. The van der Waals surface area contributed by atoms with E-state index in [9.17, 15) is 9.90 Å². The zero-order chi connectivity index (χ0) is 13.2. The quantitative estimate of drug-likeness (QED) is 0.792. The highest BCUT2D eigenvalue weighted by Gasteiger charge is 2.47. The second-order valence-electron chi connectivity index (χ2n) is 5.00. The molecule has 1 aliphatic rings. The van der Waals surface area contributed by atoms with Gasteiger partial charge in [0.1, 0.15) is 5.54 Å². The van der Waals surface area contributed by atoms with E-state index in [0.29, 0.717) is 6.42 Å². The number of aliphatic hydroxyl groups excluding tert-OH is 1. The number of carbonyl (C=O) groups excluding carboxylic acids is 1. The molecule has 0 saturated carbocycles. The highest BCUT2D eigenvalue weighted by molar-refractivity contribution is 5.80. The molecule has 1 fully saturated rings. The minimum Gasteiger partial charge on any atom is -0.468 e. The highest BCUT2D eigenvalue weighted by Crippen LogP contribution is 2.38. The average Bonchev–Trinajstić information content (AvgIpc) is 2.77. The SMILES string of the molecule is COC(=O)[C@]1(C)C[C@@H](CO)[C@@H](c2ccccc2)N1. The lowest BCUT2D eigenvalue weighted by atomic mass is 9.91. The fourth-order valence-corrected chi connectivity index (χ4v) is 2.72. The molecule has 3 atom stereocenters. The number of hydrogen-bond acceptors (Lipinski definition) is 4. The molecule has 0 spiro atoms. The van der Waals surface area contributed by atoms with Gasteiger partial charge in [-0.1, -0.05) is 30.3 Å². The summed E-state index contributed by atoms with van der Waals surface area (Å²) in [6, 6.07) is 9.86. The number of nitrogens with one attached hydrogen (secondary N) is 1. The van der Waals surface area contributed by atoms with E-state index < -0.39 is 5.54 Å². The van der Waals surface area contributed by atoms with Gasteiger partial charge in [0.15, 0.2) is 0 Å². The lowest BCUT2D eigenvalue weighted by Gasteiger charge is -2.22. The van der Waals surface area contributed by atoms with Crippen molar-refractivity contribution in [3.8, 4) is 0 Å². The Morgan fingerprint density at radius 2 is 2.17 bits per heavy atom. The van der Waals surface area contributed by atoms with E-state index in [-0.39, 0.29) is 24.5 Å². The molecule has 18 heavy (non-hydrogen) atoms. The van der Waals surface area contributed by atoms with E-state index in [0.717, 1.165) is 5.56 Å². The zero-order valence-corrected chi connectivity index (χ0v) is 10.7. The molecule has 1 aromatic rings. The average molecular weight is 249 g/mol. The van der Waals surface area contributed by atoms with Crippen molar-refractivity contribution in [1.29, 1.82) is 0 Å². The summed E-state index contributed by atoms with van der Waals surface area (Å²) < 4.78 is 4.83. The summed E-state index contributed by atoms with van der Waals surface area (Å²) in [5, 5.41) is 12.8. The Kier molecular flexibility index (Phi) is 3.68. The third kappa shape index (κ3) is 2.26. The standard InChI is InChI=1S/C14H19NO3/c1-14(13(17)18-2)8-11(9-16)12(15-14)10-6-4-3-5-7-10/h3-7,11-12,15-16H,8-9H2,1-2H3/t11-,12+,14-/m0/s1. The first-order chi connectivity index (χ1) is 8.60. The van der Waals surface area contributed by atoms with E-state index in [1.807, 2.05) is 37.3 Å². The van der Waals surface area contributed by atoms with Crippen LogP contribution in [0.2, 0.25) is 0 Å². The number of carbonyl (C=O) groups is 1. The molecule has 1 aliphatic heterocycles. The van der Waals surface area contributed by atoms with Gasteiger partial charge in [0.05, 0.1) is 7.11 Å². The van der Waals surface area contributed by atoms with Crippen molar-refractivity contribution in [2.75, 3.05) is 13.7 Å². The number of aliphatic hydroxyl groups is 1. The van der Waals surface area contributed by atoms with Crippen LogP contribution in [0.25, 0.3) is 0 Å². The second-order valence-corrected chi connectivity index (χ2v) is 5.00. The fraction of sp³-hybridized carbons (Fsp3) is 0.500. The maximum absolute atomic E-state index is 11.8. The van der Waals surface area contributed by atoms with Crippen LogP contribution in [0.5, 0.6) is 0 Å². The molecule has 0 amide bonds. The summed E-state index contributed by atoms with van der Waals surface area (Å²) in [7, 11) is 1.39. The Morgan fingerprint density at radius 1 is 1.50 bits per heavy atom. The largest absolute Gasteiger partial charge is 0.468 e. The molecule has 2 rings (SSSR count). The molecule has 98 valence electrons. The summed E-state index contributed by atoms with van der Waals surface area (Å²) in [6.45, 7) is 1.88. The van der Waals surface area contributed by atoms with E-state index >= 15 is 0 Å². The van der Waals surface area contributed by atoms with Crippen molar-refractivity contribution in [2.24, 2.45) is 5.92 Å². The first kappa shape index (κ1) is 13.1. The van der Waals surface area contributed by atoms with Crippen LogP contribution in [0, 0.1) is 5.92 Å². The Morgan fingerprint density at radius 3 is 2.72 bits per heavy atom. The van der Waals surface area contributed by atoms with Gasteiger partial charge in [0, 0.05) is 18.6 Å². The first-order valence-electron chi connectivity index (χ1n) is 6.12. The summed E-state index contributed by atoms with van der Waals surface area (Å²) in [4.78, 5) is 11.8. The maximum atomic E-state index is 11.8. The van der Waals surface area contributed by atoms with Crippen molar-refractivity contribution >= 4 is 5.97 Å². The number of esters is 1. The maximum Gasteiger partial charge on any atom is 0.325 e. The van der Waals surface area contributed by atoms with E-state index in [1.165, 1.54) is 7.11 Å². The first-order valence-corrected chi connectivity index (χ1v) is 6.12. The molecule has 0 aliphatic carbocycles. The van der Waals surface area contributed by atoms with Crippen LogP contribution in [0.15, 0.2) is 30.3 Å². The smallest absolute Gasteiger partial charge is 0.325 e. The minimum absolute atomic E-state index is 0.0136. The number of hydrogen-bond donors (Lipinski definition) is 2. The Hall–Kier alpha value is -1.39. The Labute approximate surface area is 107 Å². The molecule has 0 bridgehead atoms. The van der Waals surface area contributed by atoms with Gasteiger partial charge in [0.25, 0.3) is 0 Å². The van der Waals surface area contributed by atoms with Crippen molar-refractivity contribution in [3.05, 3.63) is 35.9 Å². The highest BCUT2D eigenvalue weighted by atomic mass is 16.5. The van der Waals surface area contributed by atoms with Crippen molar-refractivity contribution in [3.63, 3.8) is 0 Å². The predicted octanol–water partition coefficient (Wildman–Crippen LogP) is 1.26. The third-order valence-corrected chi connectivity index (χ3v) is 3.65. The molecule has 1 heterocycles. The monoisotopic (exact) mass is 249 g/mol. The van der Waals surface area contributed by atoms with Crippen molar-refractivity contribution in [1.82, 2.24) is 5.32 Å². The predicted molar refractivity (Wildman–Crippen MR) is 67.9 cm³/mol. The number of methoxy groups -OCH3 is 1. The second kappa shape index (κ2) is 5.08. The van der Waals surface area contributed by atoms with Gasteiger partial charge in [-0.15, -0.1) is 0 Å². The van der Waals surface area contributed by atoms with Gasteiger partial charge in [0.2, 0.25) is 0 Å². The number of ether oxygens (including phenoxy) is 1. The molecule has 4 nitrogen and oxygen atoms in total. The normalized spacial score (nSPS) is 31.3. The van der Waals surface area contributed by atoms with E-state index in [4.69, 9.17) is 4.74 Å². The van der Waals surface area contributed by atoms with E-state index in [1.54, 1.807) is 0 Å². The summed E-state index contributed by atoms with van der Waals surface area (Å²) >= 11 is 0. The van der Waals surface area contributed by atoms with Crippen LogP contribution in [0.3, 0.4) is 0 Å². The summed E-state index contributed by atoms with van der Waals surface area (Å²) in [6.07, 6.45) is 0.579. The van der Waals surface area contributed by atoms with Gasteiger partial charge in [-0.2, -0.15) is 0 Å². The Bertz CT molecular complexity index is 420. The third-order valence-electron chi connectivity index (χ3n) is 3.65. The molecule has 2 N–H and O–H groups in total. The molecule has 0 radical (unpaired) electrons. The van der Waals surface area contributed by atoms with Gasteiger partial charge in [-0.3, -0.25) is 10.1 Å². The van der Waals surface area contributed by atoms with E-state index in [2.05, 4.69) is 5.32 Å². The van der Waals surface area contributed by atoms with Crippen LogP contribution in [0.1, 0.15) is 24.9 Å². The van der Waals surface area contributed by atoms with Crippen LogP contribution < -0.4 is 5.32 Å². The molecule has 0 unspecified atom stereocenters. The van der Waals surface area contributed by atoms with Gasteiger partial charge in [-0.25, -0.2) is 0 Å². The van der Waals surface area contributed by atoms with Crippen molar-refractivity contribution < 1.29 is 14.6 Å². The van der Waals surface area contributed by atoms with Crippen LogP contribution >= 0.6 is 0 Å². The molecular weight excluding hydrogens is 230 g/mol. The van der Waals surface area contributed by atoms with Crippen molar-refractivity contribution in [2.45, 2.75) is 24.9 Å². The Balaban J connectivity index is 2.25. The van der Waals surface area contributed by atoms with Gasteiger partial charge in [-0.05, 0) is 18.9 Å². The molecule has 1 aromatic carbocycles. The van der Waals surface area contributed by atoms with Gasteiger partial charge >= 0.3 is 5.97 Å². The summed E-state index contributed by atoms with van der Waals surface area (Å²) in [5.41, 5.74) is 0.368. The topological polar surface area (TPSA) is 58.6 Å². The van der Waals surface area contributed by atoms with Gasteiger partial charge < -0.3 is 9.84 Å².